The zero-order chi connectivity index (χ0) is 17.9. The van der Waals surface area contributed by atoms with Crippen molar-refractivity contribution in [2.24, 2.45) is 0 Å². The van der Waals surface area contributed by atoms with Crippen molar-refractivity contribution < 1.29 is 9.59 Å². The van der Waals surface area contributed by atoms with E-state index in [0.717, 1.165) is 29.4 Å². The molecule has 0 saturated carbocycles. The van der Waals surface area contributed by atoms with Crippen LogP contribution in [0.5, 0.6) is 0 Å². The molecule has 3 aromatic rings. The summed E-state index contributed by atoms with van der Waals surface area (Å²) in [7, 11) is 0. The Labute approximate surface area is 151 Å². The predicted octanol–water partition coefficient (Wildman–Crippen LogP) is 2.94. The van der Waals surface area contributed by atoms with E-state index in [4.69, 9.17) is 0 Å². The topological polar surface area (TPSA) is 62.3 Å². The fourth-order valence-electron chi connectivity index (χ4n) is 3.33. The van der Waals surface area contributed by atoms with Crippen LogP contribution in [-0.2, 0) is 11.2 Å². The van der Waals surface area contributed by atoms with Crippen LogP contribution < -0.4 is 10.2 Å². The number of hydrogen-bond donors (Lipinski definition) is 1. The number of benzene rings is 2. The van der Waals surface area contributed by atoms with Crippen molar-refractivity contribution in [3.63, 3.8) is 0 Å². The number of nitrogens with one attached hydrogen (secondary N) is 1. The first-order valence-electron chi connectivity index (χ1n) is 8.74. The molecule has 26 heavy (non-hydrogen) atoms. The van der Waals surface area contributed by atoms with E-state index in [9.17, 15) is 9.59 Å². The van der Waals surface area contributed by atoms with E-state index in [1.807, 2.05) is 54.6 Å². The summed E-state index contributed by atoms with van der Waals surface area (Å²) in [6.07, 6.45) is 1.91. The average molecular weight is 345 g/mol. The molecule has 5 heteroatoms. The maximum absolute atomic E-state index is 12.6. The Morgan fingerprint density at radius 3 is 2.73 bits per heavy atom. The van der Waals surface area contributed by atoms with E-state index in [-0.39, 0.29) is 18.4 Å². The van der Waals surface area contributed by atoms with Crippen LogP contribution >= 0.6 is 0 Å². The van der Waals surface area contributed by atoms with Crippen molar-refractivity contribution in [1.82, 2.24) is 10.3 Å². The molecule has 4 rings (SSSR count). The number of carbonyl (C=O) groups excluding carboxylic acids is 2. The van der Waals surface area contributed by atoms with Crippen LogP contribution in [0, 0.1) is 0 Å². The first-order valence-corrected chi connectivity index (χ1v) is 8.74. The van der Waals surface area contributed by atoms with Gasteiger partial charge in [0.25, 0.3) is 5.91 Å². The predicted molar refractivity (Wildman–Crippen MR) is 101 cm³/mol. The smallest absolute Gasteiger partial charge is 0.270 e. The summed E-state index contributed by atoms with van der Waals surface area (Å²) in [4.78, 5) is 31.1. The van der Waals surface area contributed by atoms with Gasteiger partial charge < -0.3 is 10.2 Å². The van der Waals surface area contributed by atoms with Gasteiger partial charge in [-0.15, -0.1) is 0 Å². The minimum atomic E-state index is -0.339. The van der Waals surface area contributed by atoms with Crippen LogP contribution in [0.2, 0.25) is 0 Å². The van der Waals surface area contributed by atoms with Gasteiger partial charge >= 0.3 is 0 Å². The highest BCUT2D eigenvalue weighted by molar-refractivity contribution is 6.01. The maximum Gasteiger partial charge on any atom is 0.270 e. The summed E-state index contributed by atoms with van der Waals surface area (Å²) < 4.78 is 0. The van der Waals surface area contributed by atoms with Crippen molar-refractivity contribution in [2.45, 2.75) is 12.8 Å². The van der Waals surface area contributed by atoms with Gasteiger partial charge in [-0.3, -0.25) is 9.59 Å². The summed E-state index contributed by atoms with van der Waals surface area (Å²) in [6, 6.07) is 19.1. The van der Waals surface area contributed by atoms with Gasteiger partial charge in [0.15, 0.2) is 0 Å². The summed E-state index contributed by atoms with van der Waals surface area (Å²) >= 11 is 0. The van der Waals surface area contributed by atoms with E-state index in [1.165, 1.54) is 5.56 Å². The molecule has 0 bridgehead atoms. The molecule has 1 aliphatic heterocycles. The van der Waals surface area contributed by atoms with Gasteiger partial charge in [0.2, 0.25) is 5.91 Å². The lowest BCUT2D eigenvalue weighted by Crippen LogP contribution is -2.42. The van der Waals surface area contributed by atoms with Crippen molar-refractivity contribution in [2.75, 3.05) is 18.0 Å². The van der Waals surface area contributed by atoms with Crippen LogP contribution in [-0.4, -0.2) is 29.9 Å². The lowest BCUT2D eigenvalue weighted by atomic mass is 10.0. The van der Waals surface area contributed by atoms with Gasteiger partial charge in [0.1, 0.15) is 5.69 Å². The molecule has 0 fully saturated rings. The monoisotopic (exact) mass is 345 g/mol. The maximum atomic E-state index is 12.6. The van der Waals surface area contributed by atoms with Crippen LogP contribution in [0.15, 0.2) is 60.7 Å². The lowest BCUT2D eigenvalue weighted by Gasteiger charge is -2.29. The fourth-order valence-corrected chi connectivity index (χ4v) is 3.33. The molecule has 2 heterocycles. The van der Waals surface area contributed by atoms with E-state index < -0.39 is 0 Å². The largest absolute Gasteiger partial charge is 0.342 e. The van der Waals surface area contributed by atoms with E-state index in [2.05, 4.69) is 10.3 Å². The molecule has 1 aliphatic rings. The third kappa shape index (κ3) is 3.16. The molecule has 0 aliphatic carbocycles. The van der Waals surface area contributed by atoms with Crippen LogP contribution in [0.3, 0.4) is 0 Å². The highest BCUT2D eigenvalue weighted by Gasteiger charge is 2.22. The molecule has 0 unspecified atom stereocenters. The second-order valence-electron chi connectivity index (χ2n) is 6.35. The number of carbonyl (C=O) groups is 2. The molecule has 0 saturated heterocycles. The number of pyridine rings is 1. The van der Waals surface area contributed by atoms with Gasteiger partial charge in [-0.05, 0) is 36.6 Å². The molecular weight excluding hydrogens is 326 g/mol. The molecule has 2 aromatic carbocycles. The number of para-hydroxylation sites is 2. The van der Waals surface area contributed by atoms with Gasteiger partial charge in [-0.25, -0.2) is 4.98 Å². The van der Waals surface area contributed by atoms with Crippen molar-refractivity contribution in [3.8, 4) is 0 Å². The zero-order valence-electron chi connectivity index (χ0n) is 14.3. The van der Waals surface area contributed by atoms with Crippen LogP contribution in [0.1, 0.15) is 22.5 Å². The second kappa shape index (κ2) is 6.96. The standard InChI is InChI=1S/C21H19N3O2/c25-20(24-13-5-8-16-7-2-4-10-19(16)24)14-22-21(26)18-12-11-15-6-1-3-9-17(15)23-18/h1-4,6-7,9-12H,5,8,13-14H2,(H,22,26). The van der Waals surface area contributed by atoms with Gasteiger partial charge in [0, 0.05) is 17.6 Å². The third-order valence-electron chi connectivity index (χ3n) is 4.64. The molecule has 0 radical (unpaired) electrons. The summed E-state index contributed by atoms with van der Waals surface area (Å²) in [5.41, 5.74) is 3.20. The summed E-state index contributed by atoms with van der Waals surface area (Å²) in [5.74, 6) is -0.444. The number of rotatable bonds is 3. The first-order chi connectivity index (χ1) is 12.7. The van der Waals surface area contributed by atoms with E-state index in [0.29, 0.717) is 12.2 Å². The quantitative estimate of drug-likeness (QED) is 0.794. The van der Waals surface area contributed by atoms with Gasteiger partial charge in [-0.2, -0.15) is 0 Å². The number of fused-ring (bicyclic) bond motifs is 2. The Kier molecular flexibility index (Phi) is 4.35. The summed E-state index contributed by atoms with van der Waals surface area (Å²) in [5, 5.41) is 3.68. The highest BCUT2D eigenvalue weighted by Crippen LogP contribution is 2.26. The van der Waals surface area contributed by atoms with Crippen molar-refractivity contribution in [3.05, 3.63) is 71.9 Å². The number of hydrogen-bond acceptors (Lipinski definition) is 3. The molecule has 0 spiro atoms. The number of aryl methyl sites for hydroxylation is 1. The number of amides is 2. The Balaban J connectivity index is 1.45. The van der Waals surface area contributed by atoms with Crippen molar-refractivity contribution in [1.29, 1.82) is 0 Å². The second-order valence-corrected chi connectivity index (χ2v) is 6.35. The van der Waals surface area contributed by atoms with Crippen LogP contribution in [0.25, 0.3) is 10.9 Å². The average Bonchev–Trinajstić information content (AvgIpc) is 2.71. The van der Waals surface area contributed by atoms with E-state index >= 15 is 0 Å². The molecule has 130 valence electrons. The minimum absolute atomic E-state index is 0.0400. The van der Waals surface area contributed by atoms with Gasteiger partial charge in [-0.1, -0.05) is 42.5 Å². The highest BCUT2D eigenvalue weighted by atomic mass is 16.2. The molecule has 2 amide bonds. The molecule has 1 N–H and O–H groups in total. The van der Waals surface area contributed by atoms with Crippen LogP contribution in [0.4, 0.5) is 5.69 Å². The Hall–Kier alpha value is -3.21. The molecule has 1 aromatic heterocycles. The van der Waals surface area contributed by atoms with Crippen molar-refractivity contribution >= 4 is 28.4 Å². The number of nitrogens with zero attached hydrogens (tertiary/aromatic N) is 2. The normalized spacial score (nSPS) is 13.3. The minimum Gasteiger partial charge on any atom is -0.342 e. The van der Waals surface area contributed by atoms with Gasteiger partial charge in [0.05, 0.1) is 12.1 Å². The first kappa shape index (κ1) is 16.3. The molecule has 5 nitrogen and oxygen atoms in total. The zero-order valence-corrected chi connectivity index (χ0v) is 14.3. The Morgan fingerprint density at radius 1 is 1.00 bits per heavy atom. The van der Waals surface area contributed by atoms with E-state index in [1.54, 1.807) is 11.0 Å². The molecular formula is C21H19N3O2. The third-order valence-corrected chi connectivity index (χ3v) is 4.64. The number of aromatic nitrogens is 1. The molecule has 0 atom stereocenters. The Morgan fingerprint density at radius 2 is 1.81 bits per heavy atom. The SMILES string of the molecule is O=C(NCC(=O)N1CCCc2ccccc21)c1ccc2ccccc2n1. The summed E-state index contributed by atoms with van der Waals surface area (Å²) in [6.45, 7) is 0.640. The fraction of sp³-hybridized carbons (Fsp3) is 0.190. The lowest BCUT2D eigenvalue weighted by molar-refractivity contribution is -0.117. The number of anilines is 1. The Bertz CT molecular complexity index is 984.